The predicted octanol–water partition coefficient (Wildman–Crippen LogP) is 3.89. The van der Waals surface area contributed by atoms with Crippen molar-refractivity contribution in [2.75, 3.05) is 13.2 Å². The number of esters is 1. The van der Waals surface area contributed by atoms with E-state index in [1.807, 2.05) is 19.1 Å². The van der Waals surface area contributed by atoms with Crippen molar-refractivity contribution in [3.05, 3.63) is 29.8 Å². The maximum absolute atomic E-state index is 10.7. The van der Waals surface area contributed by atoms with Gasteiger partial charge in [0, 0.05) is 13.3 Å². The molecule has 21 heavy (non-hydrogen) atoms. The highest BCUT2D eigenvalue weighted by molar-refractivity contribution is 5.65. The van der Waals surface area contributed by atoms with Gasteiger partial charge in [-0.05, 0) is 30.0 Å². The van der Waals surface area contributed by atoms with Gasteiger partial charge in [-0.1, -0.05) is 32.9 Å². The molecule has 0 spiro atoms. The Balaban J connectivity index is 2.43. The minimum absolute atomic E-state index is 0.252. The van der Waals surface area contributed by atoms with Gasteiger partial charge in [-0.15, -0.1) is 0 Å². The molecule has 0 fully saturated rings. The molecular formula is C17H26O4. The molecule has 0 saturated heterocycles. The smallest absolute Gasteiger partial charge is 0.302 e. The van der Waals surface area contributed by atoms with Gasteiger partial charge < -0.3 is 14.2 Å². The van der Waals surface area contributed by atoms with E-state index >= 15 is 0 Å². The normalized spacial score (nSPS) is 13.5. The first kappa shape index (κ1) is 17.5. The molecule has 0 aliphatic heterocycles. The average molecular weight is 294 g/mol. The van der Waals surface area contributed by atoms with Crippen LogP contribution in [0.25, 0.3) is 0 Å². The number of ether oxygens (including phenoxy) is 3. The van der Waals surface area contributed by atoms with Crippen molar-refractivity contribution in [2.45, 2.75) is 52.7 Å². The van der Waals surface area contributed by atoms with Gasteiger partial charge in [-0.2, -0.15) is 0 Å². The van der Waals surface area contributed by atoms with Crippen molar-refractivity contribution < 1.29 is 19.0 Å². The van der Waals surface area contributed by atoms with Crippen molar-refractivity contribution >= 4 is 5.97 Å². The quantitative estimate of drug-likeness (QED) is 0.394. The highest BCUT2D eigenvalue weighted by Gasteiger charge is 2.09. The molecule has 1 aromatic rings. The number of hydrogen-bond acceptors (Lipinski definition) is 4. The van der Waals surface area contributed by atoms with E-state index in [-0.39, 0.29) is 18.9 Å². The highest BCUT2D eigenvalue weighted by Crippen LogP contribution is 2.22. The molecule has 0 N–H and O–H groups in total. The predicted molar refractivity (Wildman–Crippen MR) is 82.4 cm³/mol. The van der Waals surface area contributed by atoms with Gasteiger partial charge in [0.2, 0.25) is 0 Å². The zero-order valence-electron chi connectivity index (χ0n) is 13.4. The standard InChI is InChI=1S/C17H26O4/c1-5-13(3)15-7-9-16(10-8-15)21-17(6-2)20-12-11-19-14(4)18/h7-10,13,17H,5-6,11-12H2,1-4H3. The summed E-state index contributed by atoms with van der Waals surface area (Å²) in [5.74, 6) is 1.05. The Labute approximate surface area is 127 Å². The topological polar surface area (TPSA) is 44.8 Å². The number of carbonyl (C=O) groups excluding carboxylic acids is 1. The van der Waals surface area contributed by atoms with E-state index < -0.39 is 0 Å². The van der Waals surface area contributed by atoms with Crippen LogP contribution < -0.4 is 4.74 Å². The maximum atomic E-state index is 10.7. The molecule has 118 valence electrons. The van der Waals surface area contributed by atoms with Crippen LogP contribution in [-0.4, -0.2) is 25.5 Å². The molecule has 0 amide bonds. The fourth-order valence-corrected chi connectivity index (χ4v) is 1.86. The minimum atomic E-state index is -0.324. The highest BCUT2D eigenvalue weighted by atomic mass is 16.7. The van der Waals surface area contributed by atoms with E-state index in [1.165, 1.54) is 12.5 Å². The summed E-state index contributed by atoms with van der Waals surface area (Å²) in [6.07, 6.45) is 1.53. The van der Waals surface area contributed by atoms with Gasteiger partial charge in [0.1, 0.15) is 12.4 Å². The summed E-state index contributed by atoms with van der Waals surface area (Å²) in [4.78, 5) is 10.7. The van der Waals surface area contributed by atoms with Crippen LogP contribution in [0, 0.1) is 0 Å². The van der Waals surface area contributed by atoms with Crippen molar-refractivity contribution in [3.8, 4) is 5.75 Å². The molecule has 0 radical (unpaired) electrons. The van der Waals surface area contributed by atoms with Gasteiger partial charge in [0.05, 0.1) is 6.61 Å². The second-order valence-electron chi connectivity index (χ2n) is 5.04. The number of hydrogen-bond donors (Lipinski definition) is 0. The number of benzene rings is 1. The van der Waals surface area contributed by atoms with Gasteiger partial charge in [0.25, 0.3) is 0 Å². The van der Waals surface area contributed by atoms with Crippen LogP contribution in [0.3, 0.4) is 0 Å². The van der Waals surface area contributed by atoms with Crippen LogP contribution in [0.4, 0.5) is 0 Å². The molecule has 0 bridgehead atoms. The van der Waals surface area contributed by atoms with Crippen molar-refractivity contribution in [1.29, 1.82) is 0 Å². The Hall–Kier alpha value is -1.55. The summed E-state index contributed by atoms with van der Waals surface area (Å²) in [5, 5.41) is 0. The van der Waals surface area contributed by atoms with Gasteiger partial charge in [-0.25, -0.2) is 0 Å². The largest absolute Gasteiger partial charge is 0.465 e. The Morgan fingerprint density at radius 2 is 1.76 bits per heavy atom. The summed E-state index contributed by atoms with van der Waals surface area (Å²) in [6, 6.07) is 8.13. The number of carbonyl (C=O) groups is 1. The summed E-state index contributed by atoms with van der Waals surface area (Å²) >= 11 is 0. The molecule has 1 aromatic carbocycles. The molecule has 2 atom stereocenters. The Morgan fingerprint density at radius 3 is 2.29 bits per heavy atom. The van der Waals surface area contributed by atoms with Gasteiger partial charge in [0.15, 0.2) is 6.29 Å². The lowest BCUT2D eigenvalue weighted by molar-refractivity contribution is -0.146. The second-order valence-corrected chi connectivity index (χ2v) is 5.04. The van der Waals surface area contributed by atoms with Gasteiger partial charge in [-0.3, -0.25) is 4.79 Å². The molecule has 4 nitrogen and oxygen atoms in total. The molecular weight excluding hydrogens is 268 g/mol. The third kappa shape index (κ3) is 6.63. The van der Waals surface area contributed by atoms with E-state index in [4.69, 9.17) is 14.2 Å². The lowest BCUT2D eigenvalue weighted by Gasteiger charge is -2.18. The fourth-order valence-electron chi connectivity index (χ4n) is 1.86. The summed E-state index contributed by atoms with van der Waals surface area (Å²) < 4.78 is 16.1. The lowest BCUT2D eigenvalue weighted by Crippen LogP contribution is -2.22. The van der Waals surface area contributed by atoms with Crippen molar-refractivity contribution in [2.24, 2.45) is 0 Å². The molecule has 0 heterocycles. The molecule has 1 rings (SSSR count). The first-order valence-corrected chi connectivity index (χ1v) is 7.58. The zero-order valence-corrected chi connectivity index (χ0v) is 13.4. The van der Waals surface area contributed by atoms with Crippen molar-refractivity contribution in [1.82, 2.24) is 0 Å². The minimum Gasteiger partial charge on any atom is -0.465 e. The molecule has 2 unspecified atom stereocenters. The molecule has 0 aliphatic rings. The lowest BCUT2D eigenvalue weighted by atomic mass is 9.99. The molecule has 0 saturated carbocycles. The van der Waals surface area contributed by atoms with Crippen LogP contribution in [0.15, 0.2) is 24.3 Å². The van der Waals surface area contributed by atoms with Gasteiger partial charge >= 0.3 is 5.97 Å². The summed E-state index contributed by atoms with van der Waals surface area (Å²) in [5.41, 5.74) is 1.31. The van der Waals surface area contributed by atoms with Crippen LogP contribution in [0.1, 0.15) is 52.0 Å². The Bertz CT molecular complexity index is 413. The average Bonchev–Trinajstić information content (AvgIpc) is 2.49. The Morgan fingerprint density at radius 1 is 1.10 bits per heavy atom. The van der Waals surface area contributed by atoms with E-state index in [1.54, 1.807) is 0 Å². The van der Waals surface area contributed by atoms with Crippen LogP contribution in [0.2, 0.25) is 0 Å². The van der Waals surface area contributed by atoms with Crippen molar-refractivity contribution in [3.63, 3.8) is 0 Å². The molecule has 0 aromatic heterocycles. The third-order valence-corrected chi connectivity index (χ3v) is 3.35. The molecule has 4 heteroatoms. The SMILES string of the molecule is CCC(OCCOC(C)=O)Oc1ccc(C(C)CC)cc1. The summed E-state index contributed by atoms with van der Waals surface area (Å²) in [7, 11) is 0. The first-order valence-electron chi connectivity index (χ1n) is 7.58. The van der Waals surface area contributed by atoms with E-state index in [2.05, 4.69) is 26.0 Å². The maximum Gasteiger partial charge on any atom is 0.302 e. The monoisotopic (exact) mass is 294 g/mol. The van der Waals surface area contributed by atoms with E-state index in [0.29, 0.717) is 12.5 Å². The van der Waals surface area contributed by atoms with Crippen LogP contribution >= 0.6 is 0 Å². The van der Waals surface area contributed by atoms with E-state index in [9.17, 15) is 4.79 Å². The van der Waals surface area contributed by atoms with Crippen LogP contribution in [-0.2, 0) is 14.3 Å². The van der Waals surface area contributed by atoms with Crippen LogP contribution in [0.5, 0.6) is 5.75 Å². The number of rotatable bonds is 9. The Kier molecular flexibility index (Phi) is 7.83. The fraction of sp³-hybridized carbons (Fsp3) is 0.588. The first-order chi connectivity index (χ1) is 10.1. The molecule has 0 aliphatic carbocycles. The third-order valence-electron chi connectivity index (χ3n) is 3.35. The zero-order chi connectivity index (χ0) is 15.7. The summed E-state index contributed by atoms with van der Waals surface area (Å²) in [6.45, 7) is 8.35. The second kappa shape index (κ2) is 9.40. The van der Waals surface area contributed by atoms with E-state index in [0.717, 1.165) is 18.6 Å².